The van der Waals surface area contributed by atoms with E-state index in [4.69, 9.17) is 9.47 Å². The van der Waals surface area contributed by atoms with Crippen molar-refractivity contribution in [3.05, 3.63) is 0 Å². The summed E-state index contributed by atoms with van der Waals surface area (Å²) in [7, 11) is 0. The quantitative estimate of drug-likeness (QED) is 0.687. The lowest BCUT2D eigenvalue weighted by atomic mass is 10.2. The van der Waals surface area contributed by atoms with Crippen molar-refractivity contribution in [2.45, 2.75) is 37.8 Å². The number of hydrogen-bond acceptors (Lipinski definition) is 5. The Kier molecular flexibility index (Phi) is 4.55. The van der Waals surface area contributed by atoms with E-state index in [1.165, 1.54) is 6.42 Å². The van der Waals surface area contributed by atoms with E-state index in [0.29, 0.717) is 19.7 Å². The van der Waals surface area contributed by atoms with Gasteiger partial charge < -0.3 is 19.7 Å². The van der Waals surface area contributed by atoms with Gasteiger partial charge in [-0.1, -0.05) is 0 Å². The minimum Gasteiger partial charge on any atom is -0.389 e. The molecular formula is C11H21NO4. The van der Waals surface area contributed by atoms with Crippen molar-refractivity contribution in [2.24, 2.45) is 0 Å². The van der Waals surface area contributed by atoms with E-state index in [-0.39, 0.29) is 6.29 Å². The summed E-state index contributed by atoms with van der Waals surface area (Å²) in [5.41, 5.74) is 0. The fourth-order valence-corrected chi connectivity index (χ4v) is 2.19. The van der Waals surface area contributed by atoms with Crippen molar-refractivity contribution < 1.29 is 19.7 Å². The minimum absolute atomic E-state index is 0.0498. The Hall–Kier alpha value is -0.200. The van der Waals surface area contributed by atoms with Crippen LogP contribution in [0.2, 0.25) is 0 Å². The second-order valence-corrected chi connectivity index (χ2v) is 4.56. The zero-order valence-electron chi connectivity index (χ0n) is 9.55. The van der Waals surface area contributed by atoms with Crippen LogP contribution in [0.15, 0.2) is 0 Å². The molecule has 0 aliphatic carbocycles. The molecule has 5 nitrogen and oxygen atoms in total. The first-order valence-corrected chi connectivity index (χ1v) is 6.07. The first-order valence-electron chi connectivity index (χ1n) is 6.07. The molecule has 0 amide bonds. The number of ether oxygens (including phenoxy) is 2. The fourth-order valence-electron chi connectivity index (χ4n) is 2.19. The van der Waals surface area contributed by atoms with E-state index in [2.05, 4.69) is 0 Å². The number of hydrogen-bond donors (Lipinski definition) is 2. The molecule has 2 heterocycles. The third-order valence-corrected chi connectivity index (χ3v) is 3.18. The molecule has 0 aromatic heterocycles. The number of β-amino-alcohol motifs (C(OH)–C–C–N with tert-alkyl or cyclic N) is 2. The van der Waals surface area contributed by atoms with Gasteiger partial charge in [0.2, 0.25) is 0 Å². The zero-order valence-corrected chi connectivity index (χ0v) is 9.55. The van der Waals surface area contributed by atoms with Crippen LogP contribution in [0.4, 0.5) is 0 Å². The highest BCUT2D eigenvalue weighted by Gasteiger charge is 2.29. The summed E-state index contributed by atoms with van der Waals surface area (Å²) in [4.78, 5) is 2.01. The van der Waals surface area contributed by atoms with Gasteiger partial charge in [-0.15, -0.1) is 0 Å². The van der Waals surface area contributed by atoms with Crippen molar-refractivity contribution in [3.8, 4) is 0 Å². The average Bonchev–Trinajstić information content (AvgIpc) is 2.60. The minimum atomic E-state index is -0.606. The average molecular weight is 231 g/mol. The molecule has 0 aromatic carbocycles. The molecule has 16 heavy (non-hydrogen) atoms. The summed E-state index contributed by atoms with van der Waals surface area (Å²) in [5, 5.41) is 18.7. The van der Waals surface area contributed by atoms with Crippen molar-refractivity contribution >= 4 is 0 Å². The van der Waals surface area contributed by atoms with Crippen molar-refractivity contribution in [2.75, 3.05) is 32.8 Å². The monoisotopic (exact) mass is 231 g/mol. The summed E-state index contributed by atoms with van der Waals surface area (Å²) in [6, 6.07) is 0. The van der Waals surface area contributed by atoms with Crippen molar-refractivity contribution in [3.63, 3.8) is 0 Å². The molecule has 1 unspecified atom stereocenters. The summed E-state index contributed by atoms with van der Waals surface area (Å²) in [6.45, 7) is 3.22. The maximum absolute atomic E-state index is 9.36. The number of rotatable bonds is 4. The van der Waals surface area contributed by atoms with Crippen LogP contribution in [0, 0.1) is 0 Å². The van der Waals surface area contributed by atoms with Gasteiger partial charge in [-0.05, 0) is 19.3 Å². The van der Waals surface area contributed by atoms with E-state index >= 15 is 0 Å². The Labute approximate surface area is 96.0 Å². The van der Waals surface area contributed by atoms with Gasteiger partial charge in [-0.2, -0.15) is 0 Å². The van der Waals surface area contributed by atoms with Gasteiger partial charge >= 0.3 is 0 Å². The van der Waals surface area contributed by atoms with Crippen LogP contribution >= 0.6 is 0 Å². The zero-order chi connectivity index (χ0) is 11.4. The van der Waals surface area contributed by atoms with Crippen LogP contribution in [0.25, 0.3) is 0 Å². The lowest BCUT2D eigenvalue weighted by Gasteiger charge is -2.24. The molecule has 2 fully saturated rings. The van der Waals surface area contributed by atoms with Crippen LogP contribution < -0.4 is 0 Å². The number of aliphatic hydroxyl groups excluding tert-OH is 2. The van der Waals surface area contributed by atoms with Crippen LogP contribution in [-0.4, -0.2) is 66.5 Å². The van der Waals surface area contributed by atoms with Crippen LogP contribution in [0.3, 0.4) is 0 Å². The normalized spacial score (nSPS) is 36.8. The first kappa shape index (κ1) is 12.3. The fraction of sp³-hybridized carbons (Fsp3) is 1.00. The molecule has 2 aliphatic rings. The number of nitrogens with zero attached hydrogens (tertiary/aromatic N) is 1. The molecule has 0 radical (unpaired) electrons. The molecule has 3 atom stereocenters. The first-order chi connectivity index (χ1) is 7.75. The molecule has 2 saturated heterocycles. The lowest BCUT2D eigenvalue weighted by Crippen LogP contribution is -2.30. The molecule has 0 saturated carbocycles. The van der Waals surface area contributed by atoms with E-state index in [1.54, 1.807) is 0 Å². The summed E-state index contributed by atoms with van der Waals surface area (Å²) in [6.07, 6.45) is 2.02. The Morgan fingerprint density at radius 1 is 1.19 bits per heavy atom. The highest BCUT2D eigenvalue weighted by molar-refractivity contribution is 4.82. The maximum atomic E-state index is 9.36. The van der Waals surface area contributed by atoms with E-state index in [1.807, 2.05) is 4.90 Å². The number of likely N-dealkylation sites (tertiary alicyclic amines) is 1. The van der Waals surface area contributed by atoms with Gasteiger partial charge in [-0.3, -0.25) is 4.90 Å². The molecule has 0 spiro atoms. The highest BCUT2D eigenvalue weighted by Crippen LogP contribution is 2.14. The third-order valence-electron chi connectivity index (χ3n) is 3.18. The van der Waals surface area contributed by atoms with Gasteiger partial charge in [0.1, 0.15) is 0 Å². The van der Waals surface area contributed by atoms with Gasteiger partial charge in [0.15, 0.2) is 6.29 Å². The second-order valence-electron chi connectivity index (χ2n) is 4.56. The highest BCUT2D eigenvalue weighted by atomic mass is 16.7. The molecule has 0 aromatic rings. The smallest absolute Gasteiger partial charge is 0.157 e. The van der Waals surface area contributed by atoms with Gasteiger partial charge in [0.25, 0.3) is 0 Å². The molecule has 94 valence electrons. The van der Waals surface area contributed by atoms with Crippen molar-refractivity contribution in [1.29, 1.82) is 0 Å². The molecular weight excluding hydrogens is 210 g/mol. The Morgan fingerprint density at radius 2 is 1.94 bits per heavy atom. The summed E-state index contributed by atoms with van der Waals surface area (Å²) >= 11 is 0. The SMILES string of the molecule is O[C@@H]1CN(CCOC2CCCCO2)C[C@@H]1O. The molecule has 5 heteroatoms. The predicted octanol–water partition coefficient (Wildman–Crippen LogP) is -0.433. The molecule has 2 rings (SSSR count). The van der Waals surface area contributed by atoms with E-state index in [9.17, 15) is 10.2 Å². The van der Waals surface area contributed by atoms with E-state index < -0.39 is 12.2 Å². The topological polar surface area (TPSA) is 62.2 Å². The third kappa shape index (κ3) is 3.40. The maximum Gasteiger partial charge on any atom is 0.157 e. The summed E-state index contributed by atoms with van der Waals surface area (Å²) in [5.74, 6) is 0. The van der Waals surface area contributed by atoms with E-state index in [0.717, 1.165) is 26.0 Å². The Morgan fingerprint density at radius 3 is 2.56 bits per heavy atom. The largest absolute Gasteiger partial charge is 0.389 e. The standard InChI is InChI=1S/C11H21NO4/c13-9-7-12(8-10(9)14)4-6-16-11-3-1-2-5-15-11/h9-11,13-14H,1-8H2/t9-,10+,11?. The van der Waals surface area contributed by atoms with Crippen LogP contribution in [0.1, 0.15) is 19.3 Å². The lowest BCUT2D eigenvalue weighted by molar-refractivity contribution is -0.164. The molecule has 2 N–H and O–H groups in total. The van der Waals surface area contributed by atoms with Crippen LogP contribution in [-0.2, 0) is 9.47 Å². The van der Waals surface area contributed by atoms with Crippen LogP contribution in [0.5, 0.6) is 0 Å². The second kappa shape index (κ2) is 5.93. The molecule has 0 bridgehead atoms. The van der Waals surface area contributed by atoms with Crippen molar-refractivity contribution in [1.82, 2.24) is 4.90 Å². The van der Waals surface area contributed by atoms with Gasteiger partial charge in [-0.25, -0.2) is 0 Å². The van der Waals surface area contributed by atoms with Gasteiger partial charge in [0, 0.05) is 26.2 Å². The summed E-state index contributed by atoms with van der Waals surface area (Å²) < 4.78 is 11.0. The van der Waals surface area contributed by atoms with Gasteiger partial charge in [0.05, 0.1) is 18.8 Å². The number of aliphatic hydroxyl groups is 2. The Bertz CT molecular complexity index is 198. The Balaban J connectivity index is 1.57. The predicted molar refractivity (Wildman–Crippen MR) is 58.0 cm³/mol. The molecule has 2 aliphatic heterocycles.